The highest BCUT2D eigenvalue weighted by molar-refractivity contribution is 5.69. The first-order valence-corrected chi connectivity index (χ1v) is 27.8. The van der Waals surface area contributed by atoms with Crippen LogP contribution in [0.1, 0.15) is 178 Å². The van der Waals surface area contributed by atoms with Crippen molar-refractivity contribution in [3.63, 3.8) is 0 Å². The maximum atomic E-state index is 12.2. The van der Waals surface area contributed by atoms with E-state index in [0.717, 1.165) is 148 Å². The second kappa shape index (κ2) is 46.8. The fourth-order valence-electron chi connectivity index (χ4n) is 7.87. The molecular weight excluding hydrogens is 949 g/mol. The average molecular weight is 1040 g/mol. The Balaban J connectivity index is 1.25. The average Bonchev–Trinajstić information content (AvgIpc) is 3.40. The zero-order chi connectivity index (χ0) is 53.2. The Bertz CT molecular complexity index is 1690. The molecule has 0 heterocycles. The van der Waals surface area contributed by atoms with Gasteiger partial charge in [-0.25, -0.2) is 28.8 Å². The van der Waals surface area contributed by atoms with Crippen molar-refractivity contribution in [1.29, 1.82) is 0 Å². The topological polar surface area (TPSA) is 230 Å². The lowest BCUT2D eigenvalue weighted by Crippen LogP contribution is -2.29. The number of benzene rings is 2. The minimum Gasteiger partial charge on any atom is -0.450 e. The summed E-state index contributed by atoms with van der Waals surface area (Å²) < 4.78 is 30.8. The van der Waals surface area contributed by atoms with Gasteiger partial charge in [0.15, 0.2) is 0 Å². The first kappa shape index (κ1) is 64.2. The molecule has 0 aliphatic carbocycles. The van der Waals surface area contributed by atoms with Gasteiger partial charge >= 0.3 is 36.6 Å². The van der Waals surface area contributed by atoms with E-state index < -0.39 is 24.4 Å². The van der Waals surface area contributed by atoms with Crippen molar-refractivity contribution in [2.24, 2.45) is 0 Å². The van der Waals surface area contributed by atoms with Crippen molar-refractivity contribution in [3.05, 3.63) is 71.8 Å². The van der Waals surface area contributed by atoms with Gasteiger partial charge in [-0.3, -0.25) is 0 Å². The first-order chi connectivity index (χ1) is 36.3. The third kappa shape index (κ3) is 38.6. The number of hydrogen-bond donors (Lipinski definition) is 6. The molecule has 2 rings (SSSR count). The van der Waals surface area contributed by atoms with Gasteiger partial charge in [0.05, 0.1) is 13.2 Å². The van der Waals surface area contributed by atoms with Crippen molar-refractivity contribution in [2.45, 2.75) is 167 Å². The standard InChI is InChI=1S/C56H92N6O12/c1-2-3-42-69-51(63)57-36-26-14-9-10-15-27-39-60-54(66)72-45-47-74-56(68)62-41-29-17-11-16-28-40-61-55(67)73-46-44-71-53(65)59-38-25-13-8-6-4-5-7-12-24-37-58-52(64)70-43-30-35-50(48-31-20-18-21-32-48)49-33-22-19-23-34-49/h18-23,31-34,50H,2-17,24-30,35-47H2,1H3,(H,57,63)(H,58,64)(H,59,65)(H,60,66)(H,61,67)(H,62,68). The predicted octanol–water partition coefficient (Wildman–Crippen LogP) is 11.6. The molecule has 2 aromatic carbocycles. The summed E-state index contributed by atoms with van der Waals surface area (Å²) in [5.74, 6) is 0.275. The van der Waals surface area contributed by atoms with Crippen LogP contribution in [-0.4, -0.2) is 115 Å². The second-order valence-electron chi connectivity index (χ2n) is 18.3. The maximum absolute atomic E-state index is 12.2. The van der Waals surface area contributed by atoms with Crippen LogP contribution in [0.25, 0.3) is 0 Å². The van der Waals surface area contributed by atoms with Crippen molar-refractivity contribution in [1.82, 2.24) is 31.9 Å². The number of hydrogen-bond acceptors (Lipinski definition) is 12. The molecular formula is C56H92N6O12. The highest BCUT2D eigenvalue weighted by Gasteiger charge is 2.14. The fraction of sp³-hybridized carbons (Fsp3) is 0.679. The molecule has 0 aliphatic rings. The molecule has 74 heavy (non-hydrogen) atoms. The molecule has 0 aromatic heterocycles. The van der Waals surface area contributed by atoms with Crippen LogP contribution < -0.4 is 31.9 Å². The van der Waals surface area contributed by atoms with Crippen LogP contribution in [0.15, 0.2) is 60.7 Å². The molecule has 0 fully saturated rings. The van der Waals surface area contributed by atoms with Crippen molar-refractivity contribution >= 4 is 36.6 Å². The zero-order valence-electron chi connectivity index (χ0n) is 44.7. The molecule has 0 saturated heterocycles. The summed E-state index contributed by atoms with van der Waals surface area (Å²) in [7, 11) is 0. The van der Waals surface area contributed by atoms with E-state index in [1.807, 2.05) is 19.1 Å². The largest absolute Gasteiger partial charge is 0.450 e. The van der Waals surface area contributed by atoms with Crippen LogP contribution in [0.5, 0.6) is 0 Å². The lowest BCUT2D eigenvalue weighted by atomic mass is 9.88. The van der Waals surface area contributed by atoms with Crippen molar-refractivity contribution < 1.29 is 57.2 Å². The molecule has 18 heteroatoms. The molecule has 0 spiro atoms. The number of nitrogens with one attached hydrogen (secondary N) is 6. The van der Waals surface area contributed by atoms with E-state index in [1.165, 1.54) is 17.5 Å². The summed E-state index contributed by atoms with van der Waals surface area (Å²) in [6.07, 6.45) is 20.5. The minimum absolute atomic E-state index is 0.0260. The van der Waals surface area contributed by atoms with Crippen molar-refractivity contribution in [3.8, 4) is 0 Å². The third-order valence-electron chi connectivity index (χ3n) is 12.0. The summed E-state index contributed by atoms with van der Waals surface area (Å²) in [4.78, 5) is 71.3. The van der Waals surface area contributed by atoms with Crippen molar-refractivity contribution in [2.75, 3.05) is 78.9 Å². The first-order valence-electron chi connectivity index (χ1n) is 27.8. The van der Waals surface area contributed by atoms with Gasteiger partial charge < -0.3 is 60.3 Å². The van der Waals surface area contributed by atoms with Gasteiger partial charge in [-0.15, -0.1) is 0 Å². The highest BCUT2D eigenvalue weighted by Crippen LogP contribution is 2.29. The zero-order valence-corrected chi connectivity index (χ0v) is 44.7. The van der Waals surface area contributed by atoms with E-state index in [2.05, 4.69) is 80.4 Å². The second-order valence-corrected chi connectivity index (χ2v) is 18.3. The number of unbranched alkanes of at least 4 members (excludes halogenated alkanes) is 18. The Hall–Kier alpha value is -5.94. The van der Waals surface area contributed by atoms with E-state index >= 15 is 0 Å². The Morgan fingerprint density at radius 1 is 0.311 bits per heavy atom. The van der Waals surface area contributed by atoms with E-state index in [4.69, 9.17) is 28.4 Å². The maximum Gasteiger partial charge on any atom is 0.407 e. The summed E-state index contributed by atoms with van der Waals surface area (Å²) in [5.41, 5.74) is 2.54. The van der Waals surface area contributed by atoms with Gasteiger partial charge in [-0.1, -0.05) is 164 Å². The Labute approximate surface area is 441 Å². The van der Waals surface area contributed by atoms with Gasteiger partial charge in [-0.2, -0.15) is 0 Å². The Morgan fingerprint density at radius 2 is 0.541 bits per heavy atom. The van der Waals surface area contributed by atoms with Crippen LogP contribution in [0.3, 0.4) is 0 Å². The molecule has 18 nitrogen and oxygen atoms in total. The number of carbonyl (C=O) groups excluding carboxylic acids is 6. The predicted molar refractivity (Wildman–Crippen MR) is 287 cm³/mol. The number of ether oxygens (including phenoxy) is 6. The highest BCUT2D eigenvalue weighted by atomic mass is 16.6. The third-order valence-corrected chi connectivity index (χ3v) is 12.0. The summed E-state index contributed by atoms with van der Waals surface area (Å²) >= 11 is 0. The molecule has 0 radical (unpaired) electrons. The van der Waals surface area contributed by atoms with Gasteiger partial charge in [0.2, 0.25) is 0 Å². The van der Waals surface area contributed by atoms with E-state index in [9.17, 15) is 28.8 Å². The molecule has 6 N–H and O–H groups in total. The quantitative estimate of drug-likeness (QED) is 0.0269. The molecule has 6 amide bonds. The normalized spacial score (nSPS) is 10.7. The summed E-state index contributed by atoms with van der Waals surface area (Å²) in [6, 6.07) is 20.9. The molecule has 0 bridgehead atoms. The van der Waals surface area contributed by atoms with E-state index in [1.54, 1.807) is 0 Å². The monoisotopic (exact) mass is 1040 g/mol. The number of alkyl carbamates (subject to hydrolysis) is 6. The molecule has 0 atom stereocenters. The summed E-state index contributed by atoms with van der Waals surface area (Å²) in [5, 5.41) is 16.4. The lowest BCUT2D eigenvalue weighted by molar-refractivity contribution is 0.0955. The van der Waals surface area contributed by atoms with Crippen LogP contribution in [0, 0.1) is 0 Å². The Morgan fingerprint density at radius 3 is 0.797 bits per heavy atom. The summed E-state index contributed by atoms with van der Waals surface area (Å²) in [6.45, 7) is 5.99. The number of rotatable bonds is 44. The van der Waals surface area contributed by atoms with Gasteiger partial charge in [0.1, 0.15) is 26.4 Å². The molecule has 0 saturated carbocycles. The van der Waals surface area contributed by atoms with Gasteiger partial charge in [-0.05, 0) is 68.9 Å². The van der Waals surface area contributed by atoms with E-state index in [-0.39, 0.29) is 44.5 Å². The fourth-order valence-corrected chi connectivity index (χ4v) is 7.87. The van der Waals surface area contributed by atoms with Crippen LogP contribution in [0.2, 0.25) is 0 Å². The lowest BCUT2D eigenvalue weighted by Gasteiger charge is -2.18. The van der Waals surface area contributed by atoms with Gasteiger partial charge in [0, 0.05) is 45.2 Å². The smallest absolute Gasteiger partial charge is 0.407 e. The molecule has 0 unspecified atom stereocenters. The van der Waals surface area contributed by atoms with Gasteiger partial charge in [0.25, 0.3) is 0 Å². The minimum atomic E-state index is -0.561. The molecule has 2 aromatic rings. The molecule has 418 valence electrons. The number of carbonyl (C=O) groups is 6. The van der Waals surface area contributed by atoms with Crippen LogP contribution in [0.4, 0.5) is 28.8 Å². The SMILES string of the molecule is CCCCOC(=O)NCCCCCCCCNC(=O)OCCOC(=O)NCCCCCCCNC(=O)OCCOC(=O)NCCCCCCCCCCCNC(=O)OCCCC(c1ccccc1)c1ccccc1. The Kier molecular flexibility index (Phi) is 40.6. The number of amides is 6. The van der Waals surface area contributed by atoms with E-state index in [0.29, 0.717) is 52.5 Å². The van der Waals surface area contributed by atoms with Crippen LogP contribution >= 0.6 is 0 Å². The molecule has 0 aliphatic heterocycles. The van der Waals surface area contributed by atoms with Crippen LogP contribution in [-0.2, 0) is 28.4 Å².